The van der Waals surface area contributed by atoms with Gasteiger partial charge in [-0.25, -0.2) is 17.9 Å². The molecule has 0 atom stereocenters. The summed E-state index contributed by atoms with van der Waals surface area (Å²) in [5, 5.41) is 0. The van der Waals surface area contributed by atoms with Crippen LogP contribution in [0, 0.1) is 6.92 Å². The van der Waals surface area contributed by atoms with Crippen LogP contribution in [-0.4, -0.2) is 52.1 Å². The fraction of sp³-hybridized carbons (Fsp3) is 0.588. The zero-order valence-electron chi connectivity index (χ0n) is 14.5. The molecule has 134 valence electrons. The maximum atomic E-state index is 12.7. The minimum absolute atomic E-state index is 0.0655. The minimum Gasteiger partial charge on any atom is -0.465 e. The molecule has 2 rings (SSSR count). The average molecular weight is 354 g/mol. The molecule has 0 unspecified atom stereocenters. The molecule has 0 saturated carbocycles. The monoisotopic (exact) mass is 354 g/mol. The van der Waals surface area contributed by atoms with Crippen LogP contribution in [0.3, 0.4) is 0 Å². The largest absolute Gasteiger partial charge is 0.465 e. The Morgan fingerprint density at radius 2 is 2.00 bits per heavy atom. The van der Waals surface area contributed by atoms with E-state index in [0.29, 0.717) is 5.56 Å². The average Bonchev–Trinajstić information content (AvgIpc) is 2.56. The van der Waals surface area contributed by atoms with E-state index in [2.05, 4.69) is 21.3 Å². The van der Waals surface area contributed by atoms with Crippen molar-refractivity contribution in [2.24, 2.45) is 0 Å². The first-order valence-corrected chi connectivity index (χ1v) is 9.79. The maximum absolute atomic E-state index is 12.7. The van der Waals surface area contributed by atoms with Crippen molar-refractivity contribution in [2.45, 2.75) is 44.0 Å². The second-order valence-corrected chi connectivity index (χ2v) is 7.89. The van der Waals surface area contributed by atoms with E-state index in [4.69, 9.17) is 0 Å². The Morgan fingerprint density at radius 1 is 1.33 bits per heavy atom. The van der Waals surface area contributed by atoms with E-state index in [9.17, 15) is 13.2 Å². The van der Waals surface area contributed by atoms with Crippen molar-refractivity contribution < 1.29 is 17.9 Å². The summed E-state index contributed by atoms with van der Waals surface area (Å²) in [5.74, 6) is -0.542. The van der Waals surface area contributed by atoms with Crippen molar-refractivity contribution in [3.8, 4) is 0 Å². The molecular formula is C17H26N2O4S. The summed E-state index contributed by atoms with van der Waals surface area (Å²) in [6.45, 7) is 6.73. The second kappa shape index (κ2) is 8.09. The quantitative estimate of drug-likeness (QED) is 0.790. The van der Waals surface area contributed by atoms with Gasteiger partial charge in [0, 0.05) is 6.04 Å². The summed E-state index contributed by atoms with van der Waals surface area (Å²) < 4.78 is 32.9. The van der Waals surface area contributed by atoms with Crippen molar-refractivity contribution in [2.75, 3.05) is 26.7 Å². The summed E-state index contributed by atoms with van der Waals surface area (Å²) in [6.07, 6.45) is 2.71. The highest BCUT2D eigenvalue weighted by atomic mass is 32.2. The first-order valence-electron chi connectivity index (χ1n) is 8.31. The lowest BCUT2D eigenvalue weighted by Gasteiger charge is -2.32. The number of ether oxygens (including phenoxy) is 1. The molecule has 0 amide bonds. The van der Waals surface area contributed by atoms with Gasteiger partial charge in [-0.05, 0) is 63.5 Å². The van der Waals surface area contributed by atoms with Crippen LogP contribution in [0.15, 0.2) is 23.1 Å². The number of esters is 1. The third kappa shape index (κ3) is 4.55. The molecule has 0 radical (unpaired) electrons. The summed E-state index contributed by atoms with van der Waals surface area (Å²) in [7, 11) is -2.38. The van der Waals surface area contributed by atoms with Crippen LogP contribution in [0.1, 0.15) is 42.1 Å². The van der Waals surface area contributed by atoms with Gasteiger partial charge in [-0.3, -0.25) is 0 Å². The minimum atomic E-state index is -3.66. The van der Waals surface area contributed by atoms with Gasteiger partial charge in [0.25, 0.3) is 0 Å². The molecule has 1 aromatic carbocycles. The third-order valence-electron chi connectivity index (χ3n) is 4.35. The topological polar surface area (TPSA) is 75.7 Å². The number of likely N-dealkylation sites (tertiary alicyclic amines) is 1. The number of sulfonamides is 1. The van der Waals surface area contributed by atoms with Gasteiger partial charge < -0.3 is 9.64 Å². The van der Waals surface area contributed by atoms with Gasteiger partial charge in [-0.2, -0.15) is 0 Å². The highest BCUT2D eigenvalue weighted by Gasteiger charge is 2.26. The maximum Gasteiger partial charge on any atom is 0.337 e. The van der Waals surface area contributed by atoms with Crippen molar-refractivity contribution in [3.63, 3.8) is 0 Å². The Hall–Kier alpha value is -1.44. The van der Waals surface area contributed by atoms with E-state index < -0.39 is 16.0 Å². The second-order valence-electron chi connectivity index (χ2n) is 6.21. The first-order chi connectivity index (χ1) is 11.4. The number of hydrogen-bond acceptors (Lipinski definition) is 5. The van der Waals surface area contributed by atoms with Crippen LogP contribution in [0.4, 0.5) is 0 Å². The van der Waals surface area contributed by atoms with Crippen molar-refractivity contribution in [1.29, 1.82) is 0 Å². The van der Waals surface area contributed by atoms with Gasteiger partial charge in [-0.1, -0.05) is 13.0 Å². The van der Waals surface area contributed by atoms with Gasteiger partial charge in [0.2, 0.25) is 10.0 Å². The van der Waals surface area contributed by atoms with Crippen molar-refractivity contribution in [3.05, 3.63) is 29.3 Å². The van der Waals surface area contributed by atoms with Crippen LogP contribution in [-0.2, 0) is 14.8 Å². The Bertz CT molecular complexity index is 680. The highest BCUT2D eigenvalue weighted by molar-refractivity contribution is 7.89. The number of aryl methyl sites for hydroxylation is 1. The van der Waals surface area contributed by atoms with Crippen LogP contribution >= 0.6 is 0 Å². The van der Waals surface area contributed by atoms with Gasteiger partial charge >= 0.3 is 5.97 Å². The van der Waals surface area contributed by atoms with Gasteiger partial charge in [0.15, 0.2) is 0 Å². The van der Waals surface area contributed by atoms with E-state index in [0.717, 1.165) is 38.9 Å². The van der Waals surface area contributed by atoms with Crippen LogP contribution in [0.2, 0.25) is 0 Å². The molecule has 1 heterocycles. The van der Waals surface area contributed by atoms with Crippen LogP contribution in [0.5, 0.6) is 0 Å². The van der Waals surface area contributed by atoms with E-state index >= 15 is 0 Å². The Morgan fingerprint density at radius 3 is 2.58 bits per heavy atom. The SMILES string of the molecule is CCCN1CCC(NS(=O)(=O)c2cc(C(=O)OC)ccc2C)CC1. The number of methoxy groups -OCH3 is 1. The number of nitrogens with one attached hydrogen (secondary N) is 1. The molecule has 0 aromatic heterocycles. The zero-order valence-corrected chi connectivity index (χ0v) is 15.4. The molecule has 1 fully saturated rings. The standard InChI is InChI=1S/C17H26N2O4S/c1-4-9-19-10-7-15(8-11-19)18-24(21,22)16-12-14(17(20)23-3)6-5-13(16)2/h5-6,12,15,18H,4,7-11H2,1-3H3. The fourth-order valence-electron chi connectivity index (χ4n) is 3.01. The van der Waals surface area contributed by atoms with E-state index in [-0.39, 0.29) is 16.5 Å². The number of carbonyl (C=O) groups excluding carboxylic acids is 1. The molecule has 1 aromatic rings. The number of nitrogens with zero attached hydrogens (tertiary/aromatic N) is 1. The van der Waals surface area contributed by atoms with Gasteiger partial charge in [0.1, 0.15) is 0 Å². The van der Waals surface area contributed by atoms with E-state index in [1.54, 1.807) is 19.1 Å². The molecule has 1 N–H and O–H groups in total. The smallest absolute Gasteiger partial charge is 0.337 e. The molecule has 0 aliphatic carbocycles. The lowest BCUT2D eigenvalue weighted by molar-refractivity contribution is 0.0600. The number of benzene rings is 1. The van der Waals surface area contributed by atoms with Gasteiger partial charge in [0.05, 0.1) is 17.6 Å². The number of piperidine rings is 1. The van der Waals surface area contributed by atoms with E-state index in [1.807, 2.05) is 0 Å². The predicted molar refractivity (Wildman–Crippen MR) is 92.6 cm³/mol. The molecular weight excluding hydrogens is 328 g/mol. The Labute approximate surface area is 144 Å². The van der Waals surface area contributed by atoms with E-state index in [1.165, 1.54) is 13.2 Å². The molecule has 24 heavy (non-hydrogen) atoms. The Balaban J connectivity index is 2.12. The van der Waals surface area contributed by atoms with Crippen LogP contribution in [0.25, 0.3) is 0 Å². The van der Waals surface area contributed by atoms with Crippen LogP contribution < -0.4 is 4.72 Å². The molecule has 0 spiro atoms. The summed E-state index contributed by atoms with van der Waals surface area (Å²) in [4.78, 5) is 14.1. The molecule has 6 nitrogen and oxygen atoms in total. The lowest BCUT2D eigenvalue weighted by atomic mass is 10.1. The predicted octanol–water partition coefficient (Wildman–Crippen LogP) is 1.93. The number of carbonyl (C=O) groups is 1. The Kier molecular flexibility index (Phi) is 6.37. The third-order valence-corrected chi connectivity index (χ3v) is 6.01. The number of hydrogen-bond donors (Lipinski definition) is 1. The summed E-state index contributed by atoms with van der Waals surface area (Å²) >= 11 is 0. The van der Waals surface area contributed by atoms with Gasteiger partial charge in [-0.15, -0.1) is 0 Å². The molecule has 1 aliphatic rings. The number of rotatable bonds is 6. The van der Waals surface area contributed by atoms with Crippen molar-refractivity contribution in [1.82, 2.24) is 9.62 Å². The first kappa shape index (κ1) is 18.9. The lowest BCUT2D eigenvalue weighted by Crippen LogP contribution is -2.44. The highest BCUT2D eigenvalue weighted by Crippen LogP contribution is 2.20. The molecule has 1 saturated heterocycles. The molecule has 1 aliphatic heterocycles. The normalized spacial score (nSPS) is 17.0. The summed E-state index contributed by atoms with van der Waals surface area (Å²) in [6, 6.07) is 4.52. The molecule has 7 heteroatoms. The fourth-order valence-corrected chi connectivity index (χ4v) is 4.58. The molecule has 0 bridgehead atoms. The summed E-state index contributed by atoms with van der Waals surface area (Å²) in [5.41, 5.74) is 0.847. The van der Waals surface area contributed by atoms with Crippen molar-refractivity contribution >= 4 is 16.0 Å². The zero-order chi connectivity index (χ0) is 17.7.